The summed E-state index contributed by atoms with van der Waals surface area (Å²) in [4.78, 5) is 5.19. The van der Waals surface area contributed by atoms with Crippen molar-refractivity contribution in [2.45, 2.75) is 52.1 Å². The van der Waals surface area contributed by atoms with Crippen molar-refractivity contribution in [3.05, 3.63) is 0 Å². The first kappa shape index (κ1) is 17.2. The quantitative estimate of drug-likeness (QED) is 0.809. The van der Waals surface area contributed by atoms with Crippen molar-refractivity contribution in [1.82, 2.24) is 15.1 Å². The van der Waals surface area contributed by atoms with Crippen molar-refractivity contribution < 1.29 is 4.74 Å². The van der Waals surface area contributed by atoms with Crippen LogP contribution in [0, 0.1) is 5.92 Å². The molecule has 1 N–H and O–H groups in total. The maximum Gasteiger partial charge on any atom is 0.0594 e. The second-order valence-electron chi connectivity index (χ2n) is 7.76. The van der Waals surface area contributed by atoms with Crippen LogP contribution in [0.3, 0.4) is 0 Å². The largest absolute Gasteiger partial charge is 0.379 e. The van der Waals surface area contributed by atoms with Gasteiger partial charge in [0, 0.05) is 37.8 Å². The third kappa shape index (κ3) is 5.51. The van der Waals surface area contributed by atoms with Gasteiger partial charge in [0.15, 0.2) is 0 Å². The molecule has 0 aromatic heterocycles. The Bertz CT molecular complexity index is 292. The molecule has 0 bridgehead atoms. The van der Waals surface area contributed by atoms with E-state index in [1.54, 1.807) is 0 Å². The van der Waals surface area contributed by atoms with E-state index < -0.39 is 0 Å². The van der Waals surface area contributed by atoms with Crippen LogP contribution in [0.5, 0.6) is 0 Å². The van der Waals surface area contributed by atoms with Gasteiger partial charge in [-0.2, -0.15) is 0 Å². The highest BCUT2D eigenvalue weighted by Gasteiger charge is 2.29. The summed E-state index contributed by atoms with van der Waals surface area (Å²) in [6, 6.07) is 0.703. The maximum atomic E-state index is 5.47. The summed E-state index contributed by atoms with van der Waals surface area (Å²) in [5.41, 5.74) is 0.235. The first-order valence-electron chi connectivity index (χ1n) is 8.76. The van der Waals surface area contributed by atoms with E-state index in [4.69, 9.17) is 4.74 Å². The number of morpholine rings is 1. The van der Waals surface area contributed by atoms with Crippen molar-refractivity contribution in [3.8, 4) is 0 Å². The molecule has 0 aliphatic carbocycles. The molecular formula is C17H35N3O. The number of rotatable bonds is 6. The van der Waals surface area contributed by atoms with Gasteiger partial charge in [0.05, 0.1) is 13.2 Å². The molecule has 2 heterocycles. The summed E-state index contributed by atoms with van der Waals surface area (Å²) in [5.74, 6) is 0.787. The molecule has 2 aliphatic rings. The zero-order valence-electron chi connectivity index (χ0n) is 14.5. The van der Waals surface area contributed by atoms with Gasteiger partial charge in [0.1, 0.15) is 0 Å². The number of hydrogen-bond acceptors (Lipinski definition) is 4. The van der Waals surface area contributed by atoms with E-state index in [0.29, 0.717) is 6.04 Å². The van der Waals surface area contributed by atoms with Crippen LogP contribution in [-0.2, 0) is 4.74 Å². The Balaban J connectivity index is 1.68. The Kier molecular flexibility index (Phi) is 6.48. The lowest BCUT2D eigenvalue weighted by Gasteiger charge is -2.42. The first-order valence-corrected chi connectivity index (χ1v) is 8.76. The van der Waals surface area contributed by atoms with Crippen LogP contribution in [0.15, 0.2) is 0 Å². The molecular weight excluding hydrogens is 262 g/mol. The average Bonchev–Trinajstić information content (AvgIpc) is 2.47. The van der Waals surface area contributed by atoms with Crippen LogP contribution >= 0.6 is 0 Å². The summed E-state index contributed by atoms with van der Waals surface area (Å²) in [6.45, 7) is 18.1. The van der Waals surface area contributed by atoms with E-state index in [2.05, 4.69) is 42.8 Å². The molecule has 2 fully saturated rings. The van der Waals surface area contributed by atoms with Gasteiger partial charge in [0.25, 0.3) is 0 Å². The molecule has 4 nitrogen and oxygen atoms in total. The molecule has 2 rings (SSSR count). The van der Waals surface area contributed by atoms with Crippen LogP contribution in [0.1, 0.15) is 40.5 Å². The third-order valence-electron chi connectivity index (χ3n) is 4.90. The summed E-state index contributed by atoms with van der Waals surface area (Å²) in [6.07, 6.45) is 2.60. The van der Waals surface area contributed by atoms with Crippen molar-refractivity contribution in [1.29, 1.82) is 0 Å². The maximum absolute atomic E-state index is 5.47. The number of nitrogens with zero attached hydrogens (tertiary/aromatic N) is 2. The van der Waals surface area contributed by atoms with Gasteiger partial charge < -0.3 is 15.0 Å². The predicted octanol–water partition coefficient (Wildman–Crippen LogP) is 1.81. The molecule has 2 aliphatic heterocycles. The van der Waals surface area contributed by atoms with E-state index in [-0.39, 0.29) is 5.54 Å². The first-order chi connectivity index (χ1) is 9.97. The monoisotopic (exact) mass is 297 g/mol. The van der Waals surface area contributed by atoms with Crippen LogP contribution in [-0.4, -0.2) is 73.9 Å². The number of hydrogen-bond donors (Lipinski definition) is 1. The minimum absolute atomic E-state index is 0.235. The van der Waals surface area contributed by atoms with Gasteiger partial charge in [0.2, 0.25) is 0 Å². The molecule has 0 amide bonds. The molecule has 0 radical (unpaired) electrons. The van der Waals surface area contributed by atoms with Gasteiger partial charge in [-0.25, -0.2) is 0 Å². The third-order valence-corrected chi connectivity index (χ3v) is 4.90. The molecule has 0 aromatic carbocycles. The molecule has 0 spiro atoms. The lowest BCUT2D eigenvalue weighted by atomic mass is 9.99. The van der Waals surface area contributed by atoms with E-state index in [1.165, 1.54) is 32.5 Å². The number of piperidine rings is 1. The normalized spacial score (nSPS) is 23.9. The summed E-state index contributed by atoms with van der Waals surface area (Å²) in [7, 11) is 0. The Hall–Kier alpha value is -0.160. The predicted molar refractivity (Wildman–Crippen MR) is 88.8 cm³/mol. The molecule has 21 heavy (non-hydrogen) atoms. The van der Waals surface area contributed by atoms with E-state index in [1.807, 2.05) is 0 Å². The molecule has 0 unspecified atom stereocenters. The molecule has 0 atom stereocenters. The summed E-state index contributed by atoms with van der Waals surface area (Å²) >= 11 is 0. The Morgan fingerprint density at radius 1 is 1.10 bits per heavy atom. The fraction of sp³-hybridized carbons (Fsp3) is 1.00. The van der Waals surface area contributed by atoms with Crippen molar-refractivity contribution in [2.75, 3.05) is 52.5 Å². The zero-order valence-corrected chi connectivity index (χ0v) is 14.5. The van der Waals surface area contributed by atoms with E-state index in [9.17, 15) is 0 Å². The fourth-order valence-corrected chi connectivity index (χ4v) is 3.51. The lowest BCUT2D eigenvalue weighted by Crippen LogP contribution is -2.56. The number of likely N-dealkylation sites (tertiary alicyclic amines) is 1. The second kappa shape index (κ2) is 7.91. The van der Waals surface area contributed by atoms with Gasteiger partial charge in [-0.15, -0.1) is 0 Å². The number of nitrogens with one attached hydrogen (secondary N) is 1. The standard InChI is InChI=1S/C17H35N3O/c1-15(2)13-19-7-5-16(6-8-19)18-14-17(3,4)20-9-11-21-12-10-20/h15-16,18H,5-14H2,1-4H3. The van der Waals surface area contributed by atoms with Crippen LogP contribution < -0.4 is 5.32 Å². The van der Waals surface area contributed by atoms with E-state index in [0.717, 1.165) is 38.8 Å². The molecule has 2 saturated heterocycles. The fourth-order valence-electron chi connectivity index (χ4n) is 3.51. The minimum atomic E-state index is 0.235. The zero-order chi connectivity index (χ0) is 15.3. The minimum Gasteiger partial charge on any atom is -0.379 e. The Labute approximate surface area is 131 Å². The highest BCUT2D eigenvalue weighted by molar-refractivity contribution is 4.88. The van der Waals surface area contributed by atoms with Crippen molar-refractivity contribution in [3.63, 3.8) is 0 Å². The Morgan fingerprint density at radius 3 is 2.29 bits per heavy atom. The van der Waals surface area contributed by atoms with Crippen LogP contribution in [0.25, 0.3) is 0 Å². The van der Waals surface area contributed by atoms with Crippen molar-refractivity contribution >= 4 is 0 Å². The van der Waals surface area contributed by atoms with Gasteiger partial charge in [-0.3, -0.25) is 4.90 Å². The lowest BCUT2D eigenvalue weighted by molar-refractivity contribution is -0.0110. The average molecular weight is 297 g/mol. The van der Waals surface area contributed by atoms with Gasteiger partial charge >= 0.3 is 0 Å². The van der Waals surface area contributed by atoms with E-state index >= 15 is 0 Å². The van der Waals surface area contributed by atoms with Crippen LogP contribution in [0.4, 0.5) is 0 Å². The highest BCUT2D eigenvalue weighted by Crippen LogP contribution is 2.17. The summed E-state index contributed by atoms with van der Waals surface area (Å²) < 4.78 is 5.47. The SMILES string of the molecule is CC(C)CN1CCC(NCC(C)(C)N2CCOCC2)CC1. The summed E-state index contributed by atoms with van der Waals surface area (Å²) in [5, 5.41) is 3.82. The Morgan fingerprint density at radius 2 is 1.71 bits per heavy atom. The van der Waals surface area contributed by atoms with Crippen LogP contribution in [0.2, 0.25) is 0 Å². The smallest absolute Gasteiger partial charge is 0.0594 e. The molecule has 4 heteroatoms. The highest BCUT2D eigenvalue weighted by atomic mass is 16.5. The molecule has 0 saturated carbocycles. The van der Waals surface area contributed by atoms with Gasteiger partial charge in [-0.05, 0) is 45.7 Å². The topological polar surface area (TPSA) is 27.7 Å². The number of ether oxygens (including phenoxy) is 1. The van der Waals surface area contributed by atoms with Crippen molar-refractivity contribution in [2.24, 2.45) is 5.92 Å². The van der Waals surface area contributed by atoms with Gasteiger partial charge in [-0.1, -0.05) is 13.8 Å². The molecule has 0 aromatic rings. The molecule has 124 valence electrons. The second-order valence-corrected chi connectivity index (χ2v) is 7.76.